The number of para-hydroxylation sites is 1. The highest BCUT2D eigenvalue weighted by atomic mass is 16.5. The molecule has 3 N–H and O–H groups in total. The molecule has 5 rings (SSSR count). The van der Waals surface area contributed by atoms with Crippen LogP contribution in [-0.2, 0) is 0 Å². The number of nitrogens with two attached hydrogens (primary N) is 1. The molecule has 0 unspecified atom stereocenters. The Labute approximate surface area is 180 Å². The standard InChI is InChI=1S/C25H21N5O/c1-17-14-18-15-22(10-11-23(18)30(17)21-8-3-2-4-9-21)31-24-12-13-27-25(29-24)28-20-7-5-6-19(26)16-20/h2-16H,26H2,1H3,(H,27,28,29). The molecule has 0 spiro atoms. The summed E-state index contributed by atoms with van der Waals surface area (Å²) in [5, 5.41) is 4.25. The Kier molecular flexibility index (Phi) is 4.72. The third-order valence-electron chi connectivity index (χ3n) is 4.97. The van der Waals surface area contributed by atoms with Gasteiger partial charge in [-0.3, -0.25) is 0 Å². The third kappa shape index (κ3) is 3.91. The molecular weight excluding hydrogens is 386 g/mol. The Morgan fingerprint density at radius 1 is 0.903 bits per heavy atom. The summed E-state index contributed by atoms with van der Waals surface area (Å²) in [7, 11) is 0. The number of rotatable bonds is 5. The van der Waals surface area contributed by atoms with Gasteiger partial charge in [0.25, 0.3) is 0 Å². The van der Waals surface area contributed by atoms with Gasteiger partial charge in [0.05, 0.1) is 5.52 Å². The quantitative estimate of drug-likeness (QED) is 0.358. The average Bonchev–Trinajstić information content (AvgIpc) is 3.09. The van der Waals surface area contributed by atoms with Gasteiger partial charge in [-0.05, 0) is 61.5 Å². The van der Waals surface area contributed by atoms with Gasteiger partial charge in [0.1, 0.15) is 5.75 Å². The number of nitrogen functional groups attached to an aromatic ring is 1. The van der Waals surface area contributed by atoms with Crippen molar-refractivity contribution in [3.63, 3.8) is 0 Å². The highest BCUT2D eigenvalue weighted by Crippen LogP contribution is 2.29. The van der Waals surface area contributed by atoms with E-state index in [1.54, 1.807) is 12.3 Å². The maximum absolute atomic E-state index is 6.02. The van der Waals surface area contributed by atoms with Crippen LogP contribution in [0, 0.1) is 6.92 Å². The molecule has 2 aromatic heterocycles. The van der Waals surface area contributed by atoms with E-state index in [4.69, 9.17) is 10.5 Å². The molecule has 0 atom stereocenters. The van der Waals surface area contributed by atoms with E-state index in [0.717, 1.165) is 28.0 Å². The second-order valence-electron chi connectivity index (χ2n) is 7.25. The van der Waals surface area contributed by atoms with Crippen molar-refractivity contribution in [3.05, 3.63) is 96.8 Å². The van der Waals surface area contributed by atoms with Gasteiger partial charge in [-0.25, -0.2) is 4.98 Å². The van der Waals surface area contributed by atoms with Crippen LogP contribution in [0.15, 0.2) is 91.1 Å². The van der Waals surface area contributed by atoms with Crippen LogP contribution in [-0.4, -0.2) is 14.5 Å². The van der Waals surface area contributed by atoms with E-state index in [1.807, 2.05) is 54.6 Å². The molecule has 152 valence electrons. The van der Waals surface area contributed by atoms with Crippen molar-refractivity contribution in [1.29, 1.82) is 0 Å². The van der Waals surface area contributed by atoms with Gasteiger partial charge in [0.15, 0.2) is 0 Å². The van der Waals surface area contributed by atoms with Crippen LogP contribution >= 0.6 is 0 Å². The van der Waals surface area contributed by atoms with Crippen LogP contribution in [0.2, 0.25) is 0 Å². The van der Waals surface area contributed by atoms with E-state index < -0.39 is 0 Å². The first-order valence-corrected chi connectivity index (χ1v) is 9.97. The molecule has 6 nitrogen and oxygen atoms in total. The van der Waals surface area contributed by atoms with E-state index >= 15 is 0 Å². The molecule has 0 bridgehead atoms. The van der Waals surface area contributed by atoms with Crippen molar-refractivity contribution in [2.45, 2.75) is 6.92 Å². The fraction of sp³-hybridized carbons (Fsp3) is 0.0400. The van der Waals surface area contributed by atoms with E-state index in [9.17, 15) is 0 Å². The van der Waals surface area contributed by atoms with E-state index in [1.165, 1.54) is 0 Å². The average molecular weight is 407 g/mol. The second-order valence-corrected chi connectivity index (χ2v) is 7.25. The summed E-state index contributed by atoms with van der Waals surface area (Å²) >= 11 is 0. The molecule has 0 saturated heterocycles. The van der Waals surface area contributed by atoms with Gasteiger partial charge in [-0.1, -0.05) is 24.3 Å². The van der Waals surface area contributed by atoms with Gasteiger partial charge in [0, 0.05) is 40.4 Å². The molecule has 0 saturated carbocycles. The molecule has 31 heavy (non-hydrogen) atoms. The van der Waals surface area contributed by atoms with Gasteiger partial charge in [-0.2, -0.15) is 4.98 Å². The van der Waals surface area contributed by atoms with E-state index in [0.29, 0.717) is 23.3 Å². The molecule has 0 aliphatic rings. The number of fused-ring (bicyclic) bond motifs is 1. The summed E-state index contributed by atoms with van der Waals surface area (Å²) in [5.74, 6) is 1.61. The Morgan fingerprint density at radius 2 is 1.77 bits per heavy atom. The van der Waals surface area contributed by atoms with Gasteiger partial charge in [0.2, 0.25) is 11.8 Å². The number of aryl methyl sites for hydroxylation is 1. The van der Waals surface area contributed by atoms with Crippen LogP contribution in [0.3, 0.4) is 0 Å². The van der Waals surface area contributed by atoms with Gasteiger partial charge < -0.3 is 20.4 Å². The zero-order chi connectivity index (χ0) is 21.2. The summed E-state index contributed by atoms with van der Waals surface area (Å²) in [6.45, 7) is 2.10. The van der Waals surface area contributed by atoms with Crippen LogP contribution < -0.4 is 15.8 Å². The van der Waals surface area contributed by atoms with Crippen molar-refractivity contribution in [1.82, 2.24) is 14.5 Å². The minimum atomic E-state index is 0.440. The topological polar surface area (TPSA) is 78.0 Å². The minimum Gasteiger partial charge on any atom is -0.439 e. The molecule has 3 aromatic carbocycles. The number of anilines is 3. The molecule has 0 aliphatic heterocycles. The largest absolute Gasteiger partial charge is 0.439 e. The number of nitrogens with one attached hydrogen (secondary N) is 1. The number of nitrogens with zero attached hydrogens (tertiary/aromatic N) is 3. The molecular formula is C25H21N5O. The lowest BCUT2D eigenvalue weighted by atomic mass is 10.2. The van der Waals surface area contributed by atoms with Gasteiger partial charge in [-0.15, -0.1) is 0 Å². The van der Waals surface area contributed by atoms with Crippen molar-refractivity contribution in [2.75, 3.05) is 11.1 Å². The summed E-state index contributed by atoms with van der Waals surface area (Å²) in [5.41, 5.74) is 10.7. The van der Waals surface area contributed by atoms with Crippen LogP contribution in [0.5, 0.6) is 11.6 Å². The van der Waals surface area contributed by atoms with Crippen molar-refractivity contribution >= 4 is 28.2 Å². The maximum Gasteiger partial charge on any atom is 0.230 e. The second kappa shape index (κ2) is 7.84. The highest BCUT2D eigenvalue weighted by Gasteiger charge is 2.10. The van der Waals surface area contributed by atoms with Crippen LogP contribution in [0.1, 0.15) is 5.69 Å². The van der Waals surface area contributed by atoms with Crippen molar-refractivity contribution in [2.24, 2.45) is 0 Å². The molecule has 2 heterocycles. The zero-order valence-corrected chi connectivity index (χ0v) is 17.0. The number of hydrogen-bond donors (Lipinski definition) is 2. The fourth-order valence-corrected chi connectivity index (χ4v) is 3.64. The Hall–Kier alpha value is -4.32. The first-order chi connectivity index (χ1) is 15.2. The van der Waals surface area contributed by atoms with Crippen LogP contribution in [0.25, 0.3) is 16.6 Å². The predicted molar refractivity (Wildman–Crippen MR) is 124 cm³/mol. The number of benzene rings is 3. The maximum atomic E-state index is 6.02. The number of hydrogen-bond acceptors (Lipinski definition) is 5. The van der Waals surface area contributed by atoms with Crippen molar-refractivity contribution < 1.29 is 4.74 Å². The van der Waals surface area contributed by atoms with Crippen molar-refractivity contribution in [3.8, 4) is 17.3 Å². The number of aromatic nitrogens is 3. The Bertz CT molecular complexity index is 1360. The SMILES string of the molecule is Cc1cc2cc(Oc3ccnc(Nc4cccc(N)c4)n3)ccc2n1-c1ccccc1. The van der Waals surface area contributed by atoms with E-state index in [-0.39, 0.29) is 0 Å². The molecule has 5 aromatic rings. The normalized spacial score (nSPS) is 10.9. The first kappa shape index (κ1) is 18.7. The van der Waals surface area contributed by atoms with E-state index in [2.05, 4.69) is 51.0 Å². The smallest absolute Gasteiger partial charge is 0.230 e. The summed E-state index contributed by atoms with van der Waals surface area (Å²) in [6, 6.07) is 27.7. The third-order valence-corrected chi connectivity index (χ3v) is 4.97. The lowest BCUT2D eigenvalue weighted by Gasteiger charge is -2.10. The Balaban J connectivity index is 1.41. The summed E-state index contributed by atoms with van der Waals surface area (Å²) in [4.78, 5) is 8.71. The monoisotopic (exact) mass is 407 g/mol. The fourth-order valence-electron chi connectivity index (χ4n) is 3.64. The highest BCUT2D eigenvalue weighted by molar-refractivity contribution is 5.84. The Morgan fingerprint density at radius 3 is 2.61 bits per heavy atom. The predicted octanol–water partition coefficient (Wildman–Crippen LogP) is 5.85. The molecule has 0 fully saturated rings. The molecule has 0 aliphatic carbocycles. The first-order valence-electron chi connectivity index (χ1n) is 9.97. The van der Waals surface area contributed by atoms with Gasteiger partial charge >= 0.3 is 0 Å². The molecule has 0 amide bonds. The number of ether oxygens (including phenoxy) is 1. The summed E-state index contributed by atoms with van der Waals surface area (Å²) in [6.07, 6.45) is 1.66. The lowest BCUT2D eigenvalue weighted by Crippen LogP contribution is -1.99. The lowest BCUT2D eigenvalue weighted by molar-refractivity contribution is 0.463. The minimum absolute atomic E-state index is 0.440. The zero-order valence-electron chi connectivity index (χ0n) is 17.0. The molecule has 0 radical (unpaired) electrons. The molecule has 6 heteroatoms. The summed E-state index contributed by atoms with van der Waals surface area (Å²) < 4.78 is 8.25. The van der Waals surface area contributed by atoms with Crippen LogP contribution in [0.4, 0.5) is 17.3 Å².